The van der Waals surface area contributed by atoms with Crippen LogP contribution in [0.3, 0.4) is 0 Å². The lowest BCUT2D eigenvalue weighted by atomic mass is 9.69. The number of carbonyl (C=O) groups is 1. The van der Waals surface area contributed by atoms with Crippen LogP contribution in [0.15, 0.2) is 79.6 Å². The highest BCUT2D eigenvalue weighted by Gasteiger charge is 2.54. The number of benzene rings is 1. The summed E-state index contributed by atoms with van der Waals surface area (Å²) in [7, 11) is 0. The average Bonchev–Trinajstić information content (AvgIpc) is 3.38. The Balaban J connectivity index is 1.52. The summed E-state index contributed by atoms with van der Waals surface area (Å²) < 4.78 is 6.00. The van der Waals surface area contributed by atoms with Gasteiger partial charge in [0.25, 0.3) is 5.91 Å². The SMILES string of the molecule is C=C/C=C\C=C(/C=C)Oc1ccccc1-c1cc(C(=O)NC23CCC2CN(C#N)C3)[nH]n1. The summed E-state index contributed by atoms with van der Waals surface area (Å²) in [5.41, 5.74) is 1.41. The molecule has 2 unspecified atom stereocenters. The quantitative estimate of drug-likeness (QED) is 0.378. The first-order valence-corrected chi connectivity index (χ1v) is 10.5. The normalized spacial score (nSPS) is 22.0. The molecule has 0 spiro atoms. The molecule has 0 bridgehead atoms. The van der Waals surface area contributed by atoms with Crippen LogP contribution in [0.1, 0.15) is 23.3 Å². The molecule has 1 saturated carbocycles. The van der Waals surface area contributed by atoms with Gasteiger partial charge in [0.2, 0.25) is 0 Å². The fraction of sp³-hybridized carbons (Fsp3) is 0.240. The Hall–Kier alpha value is -4.05. The molecule has 4 rings (SSSR count). The number of carbonyl (C=O) groups excluding carboxylic acids is 1. The number of H-pyrrole nitrogens is 1. The summed E-state index contributed by atoms with van der Waals surface area (Å²) in [5.74, 6) is 1.28. The highest BCUT2D eigenvalue weighted by atomic mass is 16.5. The molecule has 2 atom stereocenters. The fourth-order valence-electron chi connectivity index (χ4n) is 4.26. The number of amides is 1. The predicted molar refractivity (Wildman–Crippen MR) is 122 cm³/mol. The van der Waals surface area contributed by atoms with E-state index in [1.54, 1.807) is 35.3 Å². The van der Waals surface area contributed by atoms with Crippen LogP contribution < -0.4 is 10.1 Å². The zero-order valence-electron chi connectivity index (χ0n) is 17.8. The van der Waals surface area contributed by atoms with Gasteiger partial charge in [-0.05, 0) is 43.2 Å². The van der Waals surface area contributed by atoms with Gasteiger partial charge >= 0.3 is 0 Å². The first-order valence-electron chi connectivity index (χ1n) is 10.5. The van der Waals surface area contributed by atoms with Crippen molar-refractivity contribution in [3.05, 3.63) is 85.3 Å². The smallest absolute Gasteiger partial charge is 0.269 e. The predicted octanol–water partition coefficient (Wildman–Crippen LogP) is 3.94. The van der Waals surface area contributed by atoms with Gasteiger partial charge in [0.1, 0.15) is 17.2 Å². The van der Waals surface area contributed by atoms with E-state index in [1.165, 1.54) is 0 Å². The topological polar surface area (TPSA) is 94.0 Å². The maximum atomic E-state index is 12.9. The molecule has 1 saturated heterocycles. The van der Waals surface area contributed by atoms with E-state index in [-0.39, 0.29) is 11.4 Å². The standard InChI is InChI=1S/C25H25N5O2/c1-3-5-6-9-19(4-2)32-23-11-8-7-10-20(23)21-14-22(29-28-21)24(31)27-25-13-12-18(25)15-30(16-25)17-26/h3-11,14,18H,1-2,12-13,15-16H2,(H,27,31)(H,28,29)/b6-5-,19-9+. The van der Waals surface area contributed by atoms with E-state index in [9.17, 15) is 10.1 Å². The summed E-state index contributed by atoms with van der Waals surface area (Å²) in [5, 5.41) is 19.5. The van der Waals surface area contributed by atoms with Crippen molar-refractivity contribution < 1.29 is 9.53 Å². The maximum absolute atomic E-state index is 12.9. The van der Waals surface area contributed by atoms with Gasteiger partial charge in [-0.3, -0.25) is 9.89 Å². The van der Waals surface area contributed by atoms with E-state index in [1.807, 2.05) is 30.3 Å². The van der Waals surface area contributed by atoms with Crippen molar-refractivity contribution in [2.75, 3.05) is 13.1 Å². The van der Waals surface area contributed by atoms with Crippen molar-refractivity contribution in [2.24, 2.45) is 5.92 Å². The molecule has 2 N–H and O–H groups in total. The van der Waals surface area contributed by atoms with Crippen molar-refractivity contribution in [3.8, 4) is 23.2 Å². The number of ether oxygens (including phenoxy) is 1. The number of rotatable bonds is 8. The molecule has 0 radical (unpaired) electrons. The Morgan fingerprint density at radius 3 is 2.94 bits per heavy atom. The minimum absolute atomic E-state index is 0.215. The molecule has 7 nitrogen and oxygen atoms in total. The Morgan fingerprint density at radius 2 is 2.22 bits per heavy atom. The van der Waals surface area contributed by atoms with Gasteiger partial charge in [0, 0.05) is 18.0 Å². The Bertz CT molecular complexity index is 1140. The average molecular weight is 428 g/mol. The Kier molecular flexibility index (Phi) is 5.95. The van der Waals surface area contributed by atoms with E-state index >= 15 is 0 Å². The largest absolute Gasteiger partial charge is 0.457 e. The fourth-order valence-corrected chi connectivity index (χ4v) is 4.26. The number of aromatic amines is 1. The minimum atomic E-state index is -0.318. The minimum Gasteiger partial charge on any atom is -0.457 e. The van der Waals surface area contributed by atoms with Crippen LogP contribution in [-0.2, 0) is 0 Å². The number of likely N-dealkylation sites (tertiary alicyclic amines) is 1. The molecular formula is C25H25N5O2. The number of nitrogens with one attached hydrogen (secondary N) is 2. The molecule has 2 fully saturated rings. The zero-order valence-corrected chi connectivity index (χ0v) is 17.8. The van der Waals surface area contributed by atoms with Crippen molar-refractivity contribution in [3.63, 3.8) is 0 Å². The molecule has 2 heterocycles. The van der Waals surface area contributed by atoms with Gasteiger partial charge in [0.05, 0.1) is 17.8 Å². The first-order chi connectivity index (χ1) is 15.6. The number of fused-ring (bicyclic) bond motifs is 1. The number of hydrogen-bond acceptors (Lipinski definition) is 5. The third-order valence-electron chi connectivity index (χ3n) is 6.06. The molecule has 32 heavy (non-hydrogen) atoms. The Labute approximate surface area is 187 Å². The van der Waals surface area contributed by atoms with E-state index in [0.29, 0.717) is 41.9 Å². The summed E-state index contributed by atoms with van der Waals surface area (Å²) in [4.78, 5) is 14.6. The third kappa shape index (κ3) is 4.08. The number of nitriles is 1. The summed E-state index contributed by atoms with van der Waals surface area (Å²) in [6.07, 6.45) is 12.8. The summed E-state index contributed by atoms with van der Waals surface area (Å²) in [6, 6.07) is 9.20. The molecule has 1 aromatic heterocycles. The number of allylic oxidation sites excluding steroid dienone is 5. The third-order valence-corrected chi connectivity index (χ3v) is 6.06. The number of hydrogen-bond donors (Lipinski definition) is 2. The highest BCUT2D eigenvalue weighted by Crippen LogP contribution is 2.44. The van der Waals surface area contributed by atoms with Crippen LogP contribution in [0.25, 0.3) is 11.3 Å². The lowest BCUT2D eigenvalue weighted by Gasteiger charge is -2.44. The van der Waals surface area contributed by atoms with E-state index in [2.05, 4.69) is 34.9 Å². The van der Waals surface area contributed by atoms with Crippen LogP contribution in [0, 0.1) is 17.4 Å². The van der Waals surface area contributed by atoms with Crippen molar-refractivity contribution in [1.82, 2.24) is 20.4 Å². The molecular weight excluding hydrogens is 402 g/mol. The summed E-state index contributed by atoms with van der Waals surface area (Å²) in [6.45, 7) is 8.71. The lowest BCUT2D eigenvalue weighted by molar-refractivity contribution is 0.0757. The van der Waals surface area contributed by atoms with Crippen LogP contribution >= 0.6 is 0 Å². The van der Waals surface area contributed by atoms with Crippen LogP contribution in [0.5, 0.6) is 5.75 Å². The van der Waals surface area contributed by atoms with Crippen LogP contribution in [0.2, 0.25) is 0 Å². The van der Waals surface area contributed by atoms with Gasteiger partial charge < -0.3 is 15.0 Å². The van der Waals surface area contributed by atoms with Crippen molar-refractivity contribution in [2.45, 2.75) is 18.4 Å². The molecule has 1 aliphatic heterocycles. The first kappa shape index (κ1) is 21.2. The molecule has 162 valence electrons. The van der Waals surface area contributed by atoms with Gasteiger partial charge in [-0.15, -0.1) is 0 Å². The lowest BCUT2D eigenvalue weighted by Crippen LogP contribution is -2.60. The Morgan fingerprint density at radius 1 is 1.38 bits per heavy atom. The second kappa shape index (κ2) is 8.98. The van der Waals surface area contributed by atoms with E-state index < -0.39 is 0 Å². The zero-order chi connectivity index (χ0) is 22.6. The molecule has 1 amide bonds. The second-order valence-electron chi connectivity index (χ2n) is 7.99. The van der Waals surface area contributed by atoms with Gasteiger partial charge in [0.15, 0.2) is 6.19 Å². The van der Waals surface area contributed by atoms with Gasteiger partial charge in [-0.2, -0.15) is 10.4 Å². The molecule has 1 aliphatic carbocycles. The molecule has 2 aliphatic rings. The van der Waals surface area contributed by atoms with Gasteiger partial charge in [-0.1, -0.05) is 43.5 Å². The number of nitrogens with zero attached hydrogens (tertiary/aromatic N) is 3. The maximum Gasteiger partial charge on any atom is 0.269 e. The number of para-hydroxylation sites is 1. The number of aromatic nitrogens is 2. The second-order valence-corrected chi connectivity index (χ2v) is 7.99. The van der Waals surface area contributed by atoms with Crippen LogP contribution in [0.4, 0.5) is 0 Å². The van der Waals surface area contributed by atoms with Gasteiger partial charge in [-0.25, -0.2) is 0 Å². The monoisotopic (exact) mass is 427 g/mol. The van der Waals surface area contributed by atoms with Crippen molar-refractivity contribution in [1.29, 1.82) is 5.26 Å². The summed E-state index contributed by atoms with van der Waals surface area (Å²) >= 11 is 0. The van der Waals surface area contributed by atoms with E-state index in [0.717, 1.165) is 18.4 Å². The molecule has 7 heteroatoms. The van der Waals surface area contributed by atoms with Crippen molar-refractivity contribution >= 4 is 5.91 Å². The van der Waals surface area contributed by atoms with Crippen LogP contribution in [-0.4, -0.2) is 39.6 Å². The van der Waals surface area contributed by atoms with E-state index in [4.69, 9.17) is 4.74 Å². The highest BCUT2D eigenvalue weighted by molar-refractivity contribution is 5.94. The molecule has 2 aromatic rings. The molecule has 1 aromatic carbocycles.